The zero-order valence-corrected chi connectivity index (χ0v) is 10.7. The summed E-state index contributed by atoms with van der Waals surface area (Å²) in [4.78, 5) is 18.2. The third kappa shape index (κ3) is 2.98. The van der Waals surface area contributed by atoms with Gasteiger partial charge in [-0.1, -0.05) is 6.42 Å². The highest BCUT2D eigenvalue weighted by Crippen LogP contribution is 2.14. The highest BCUT2D eigenvalue weighted by molar-refractivity contribution is 5.98. The van der Waals surface area contributed by atoms with E-state index in [4.69, 9.17) is 5.73 Å². The number of likely N-dealkylation sites (N-methyl/N-ethyl adjacent to an activating group) is 1. The molecule has 1 unspecified atom stereocenters. The van der Waals surface area contributed by atoms with Gasteiger partial charge in [-0.05, 0) is 38.6 Å². The van der Waals surface area contributed by atoms with E-state index < -0.39 is 0 Å². The molecule has 2 rings (SSSR count). The molecule has 2 heterocycles. The van der Waals surface area contributed by atoms with E-state index in [2.05, 4.69) is 22.2 Å². The van der Waals surface area contributed by atoms with E-state index in [0.29, 0.717) is 18.2 Å². The number of likely N-dealkylation sites (tertiary alicyclic amines) is 1. The van der Waals surface area contributed by atoms with Gasteiger partial charge in [0.2, 0.25) is 0 Å². The van der Waals surface area contributed by atoms with Crippen LogP contribution in [0.25, 0.3) is 0 Å². The van der Waals surface area contributed by atoms with E-state index in [1.54, 1.807) is 18.3 Å². The Morgan fingerprint density at radius 2 is 2.44 bits per heavy atom. The van der Waals surface area contributed by atoms with Gasteiger partial charge < -0.3 is 16.0 Å². The number of rotatable bonds is 3. The summed E-state index contributed by atoms with van der Waals surface area (Å²) < 4.78 is 0. The van der Waals surface area contributed by atoms with E-state index in [1.807, 2.05) is 0 Å². The van der Waals surface area contributed by atoms with Crippen molar-refractivity contribution >= 4 is 11.7 Å². The third-order valence-electron chi connectivity index (χ3n) is 3.50. The number of hydrogen-bond donors (Lipinski definition) is 2. The molecule has 1 amide bonds. The van der Waals surface area contributed by atoms with Crippen molar-refractivity contribution in [3.05, 3.63) is 23.9 Å². The van der Waals surface area contributed by atoms with Crippen LogP contribution in [0.15, 0.2) is 18.3 Å². The molecule has 3 N–H and O–H groups in total. The van der Waals surface area contributed by atoms with Crippen LogP contribution in [-0.2, 0) is 0 Å². The van der Waals surface area contributed by atoms with Gasteiger partial charge in [0.05, 0.1) is 5.56 Å². The fraction of sp³-hybridized carbons (Fsp3) is 0.538. The first-order valence-electron chi connectivity index (χ1n) is 6.37. The van der Waals surface area contributed by atoms with Gasteiger partial charge in [-0.2, -0.15) is 0 Å². The minimum atomic E-state index is -0.139. The monoisotopic (exact) mass is 248 g/mol. The van der Waals surface area contributed by atoms with E-state index in [1.165, 1.54) is 12.8 Å². The van der Waals surface area contributed by atoms with Gasteiger partial charge in [0.25, 0.3) is 5.91 Å². The molecule has 98 valence electrons. The number of nitrogens with two attached hydrogens (primary N) is 1. The Kier molecular flexibility index (Phi) is 4.15. The molecule has 0 aliphatic carbocycles. The van der Waals surface area contributed by atoms with Gasteiger partial charge in [-0.3, -0.25) is 4.79 Å². The fourth-order valence-electron chi connectivity index (χ4n) is 2.32. The molecule has 1 aliphatic heterocycles. The van der Waals surface area contributed by atoms with Gasteiger partial charge in [0.15, 0.2) is 0 Å². The number of anilines is 1. The summed E-state index contributed by atoms with van der Waals surface area (Å²) in [7, 11) is 2.11. The minimum Gasteiger partial charge on any atom is -0.383 e. The second-order valence-electron chi connectivity index (χ2n) is 4.78. The molecule has 0 spiro atoms. The zero-order valence-electron chi connectivity index (χ0n) is 10.7. The summed E-state index contributed by atoms with van der Waals surface area (Å²) in [5.74, 6) is 0.145. The molecular weight excluding hydrogens is 228 g/mol. The van der Waals surface area contributed by atoms with Crippen LogP contribution >= 0.6 is 0 Å². The van der Waals surface area contributed by atoms with Crippen molar-refractivity contribution < 1.29 is 4.79 Å². The minimum absolute atomic E-state index is 0.139. The molecule has 5 heteroatoms. The van der Waals surface area contributed by atoms with Crippen LogP contribution in [0.2, 0.25) is 0 Å². The molecule has 1 atom stereocenters. The first kappa shape index (κ1) is 12.8. The molecule has 1 aromatic heterocycles. The molecule has 18 heavy (non-hydrogen) atoms. The van der Waals surface area contributed by atoms with Crippen molar-refractivity contribution in [2.45, 2.75) is 25.3 Å². The zero-order chi connectivity index (χ0) is 13.0. The van der Waals surface area contributed by atoms with Crippen molar-refractivity contribution in [2.24, 2.45) is 0 Å². The maximum Gasteiger partial charge on any atom is 0.255 e. The van der Waals surface area contributed by atoms with Crippen LogP contribution in [0, 0.1) is 0 Å². The lowest BCUT2D eigenvalue weighted by Crippen LogP contribution is -2.44. The summed E-state index contributed by atoms with van der Waals surface area (Å²) in [6.45, 7) is 1.78. The lowest BCUT2D eigenvalue weighted by atomic mass is 10.0. The smallest absolute Gasteiger partial charge is 0.255 e. The summed E-state index contributed by atoms with van der Waals surface area (Å²) in [5, 5.41) is 2.94. The SMILES string of the molecule is CN1CCCCC1CNC(=O)c1cccnc1N. The van der Waals surface area contributed by atoms with Crippen LogP contribution in [0.4, 0.5) is 5.82 Å². The number of aromatic nitrogens is 1. The first-order valence-corrected chi connectivity index (χ1v) is 6.37. The Balaban J connectivity index is 1.90. The van der Waals surface area contributed by atoms with Crippen molar-refractivity contribution in [3.63, 3.8) is 0 Å². The molecule has 0 aromatic carbocycles. The second-order valence-corrected chi connectivity index (χ2v) is 4.78. The largest absolute Gasteiger partial charge is 0.383 e. The Morgan fingerprint density at radius 1 is 1.61 bits per heavy atom. The Morgan fingerprint density at radius 3 is 3.17 bits per heavy atom. The normalized spacial score (nSPS) is 20.6. The van der Waals surface area contributed by atoms with E-state index in [-0.39, 0.29) is 11.7 Å². The highest BCUT2D eigenvalue weighted by Gasteiger charge is 2.20. The molecule has 0 bridgehead atoms. The lowest BCUT2D eigenvalue weighted by molar-refractivity contribution is 0.0929. The number of hydrogen-bond acceptors (Lipinski definition) is 4. The first-order chi connectivity index (χ1) is 8.68. The number of carbonyl (C=O) groups excluding carboxylic acids is 1. The number of nitrogen functional groups attached to an aromatic ring is 1. The Hall–Kier alpha value is -1.62. The molecule has 5 nitrogen and oxygen atoms in total. The van der Waals surface area contributed by atoms with E-state index >= 15 is 0 Å². The van der Waals surface area contributed by atoms with Gasteiger partial charge in [-0.25, -0.2) is 4.98 Å². The van der Waals surface area contributed by atoms with Crippen molar-refractivity contribution in [1.82, 2.24) is 15.2 Å². The molecule has 1 aromatic rings. The number of carbonyl (C=O) groups is 1. The van der Waals surface area contributed by atoms with Crippen LogP contribution in [0.3, 0.4) is 0 Å². The maximum absolute atomic E-state index is 12.0. The quantitative estimate of drug-likeness (QED) is 0.833. The Labute approximate surface area is 107 Å². The third-order valence-corrected chi connectivity index (χ3v) is 3.50. The molecule has 0 saturated carbocycles. The molecule has 1 aliphatic rings. The van der Waals surface area contributed by atoms with Crippen LogP contribution in [0.5, 0.6) is 0 Å². The van der Waals surface area contributed by atoms with Gasteiger partial charge in [0.1, 0.15) is 5.82 Å². The van der Waals surface area contributed by atoms with E-state index in [0.717, 1.165) is 13.0 Å². The standard InChI is InChI=1S/C13H20N4O/c1-17-8-3-2-5-10(17)9-16-13(18)11-6-4-7-15-12(11)14/h4,6-7,10H,2-3,5,8-9H2,1H3,(H2,14,15)(H,16,18). The second kappa shape index (κ2) is 5.82. The molecule has 1 saturated heterocycles. The number of amides is 1. The fourth-order valence-corrected chi connectivity index (χ4v) is 2.32. The lowest BCUT2D eigenvalue weighted by Gasteiger charge is -2.32. The van der Waals surface area contributed by atoms with Crippen LogP contribution in [-0.4, -0.2) is 42.0 Å². The Bertz CT molecular complexity index is 421. The topological polar surface area (TPSA) is 71.2 Å². The number of nitrogens with zero attached hydrogens (tertiary/aromatic N) is 2. The summed E-state index contributed by atoms with van der Waals surface area (Å²) in [6.07, 6.45) is 5.21. The number of nitrogens with one attached hydrogen (secondary N) is 1. The predicted molar refractivity (Wildman–Crippen MR) is 71.3 cm³/mol. The average Bonchev–Trinajstić information content (AvgIpc) is 2.38. The van der Waals surface area contributed by atoms with Crippen LogP contribution in [0.1, 0.15) is 29.6 Å². The summed E-state index contributed by atoms with van der Waals surface area (Å²) in [5.41, 5.74) is 6.13. The van der Waals surface area contributed by atoms with E-state index in [9.17, 15) is 4.79 Å². The van der Waals surface area contributed by atoms with Crippen LogP contribution < -0.4 is 11.1 Å². The van der Waals surface area contributed by atoms with Gasteiger partial charge in [-0.15, -0.1) is 0 Å². The number of piperidine rings is 1. The van der Waals surface area contributed by atoms with Gasteiger partial charge in [0, 0.05) is 18.8 Å². The highest BCUT2D eigenvalue weighted by atomic mass is 16.1. The molecule has 1 fully saturated rings. The number of pyridine rings is 1. The van der Waals surface area contributed by atoms with Crippen molar-refractivity contribution in [3.8, 4) is 0 Å². The summed E-state index contributed by atoms with van der Waals surface area (Å²) in [6, 6.07) is 3.85. The maximum atomic E-state index is 12.0. The van der Waals surface area contributed by atoms with Gasteiger partial charge >= 0.3 is 0 Å². The predicted octanol–water partition coefficient (Wildman–Crippen LogP) is 0.878. The summed E-state index contributed by atoms with van der Waals surface area (Å²) >= 11 is 0. The van der Waals surface area contributed by atoms with Crippen molar-refractivity contribution in [2.75, 3.05) is 25.9 Å². The molecule has 0 radical (unpaired) electrons. The average molecular weight is 248 g/mol. The molecular formula is C13H20N4O. The van der Waals surface area contributed by atoms with Crippen molar-refractivity contribution in [1.29, 1.82) is 0 Å².